The van der Waals surface area contributed by atoms with Gasteiger partial charge in [-0.05, 0) is 30.7 Å². The fraction of sp³-hybridized carbons (Fsp3) is 0.0417. The van der Waals surface area contributed by atoms with Gasteiger partial charge in [-0.2, -0.15) is 0 Å². The lowest BCUT2D eigenvalue weighted by Crippen LogP contribution is -1.93. The number of aliphatic imine (C=N–C) groups is 1. The third-order valence-corrected chi connectivity index (χ3v) is 4.34. The Morgan fingerprint density at radius 1 is 0.786 bits per heavy atom. The minimum absolute atomic E-state index is 0.182. The highest BCUT2D eigenvalue weighted by Crippen LogP contribution is 2.32. The summed E-state index contributed by atoms with van der Waals surface area (Å²) >= 11 is 0. The fourth-order valence-electron chi connectivity index (χ4n) is 2.91. The third-order valence-electron chi connectivity index (χ3n) is 4.34. The fourth-order valence-corrected chi connectivity index (χ4v) is 2.91. The molecular formula is C24H19N3O. The van der Waals surface area contributed by atoms with E-state index in [0.29, 0.717) is 17.2 Å². The Hall–Kier alpha value is -3.79. The zero-order valence-corrected chi connectivity index (χ0v) is 15.4. The van der Waals surface area contributed by atoms with Crippen molar-refractivity contribution < 1.29 is 5.11 Å². The van der Waals surface area contributed by atoms with Gasteiger partial charge in [-0.1, -0.05) is 72.3 Å². The molecule has 0 saturated heterocycles. The first-order chi connectivity index (χ1) is 13.7. The molecule has 0 amide bonds. The number of hydrogen-bond donors (Lipinski definition) is 1. The standard InChI is InChI=1S/C24H19N3O/c1-17-12-13-23(28)20(14-17)22-15-21(19-10-6-3-7-11-19)26-24(27-22)25-16-18-8-4-2-5-9-18/h2-16,28H,1H3/b25-16+. The van der Waals surface area contributed by atoms with Crippen LogP contribution in [-0.2, 0) is 0 Å². The highest BCUT2D eigenvalue weighted by Gasteiger charge is 2.11. The number of nitrogens with zero attached hydrogens (tertiary/aromatic N) is 3. The maximum atomic E-state index is 10.3. The number of aromatic nitrogens is 2. The van der Waals surface area contributed by atoms with E-state index in [4.69, 9.17) is 0 Å². The van der Waals surface area contributed by atoms with E-state index in [0.717, 1.165) is 22.4 Å². The summed E-state index contributed by atoms with van der Waals surface area (Å²) in [6.45, 7) is 1.98. The molecule has 1 N–H and O–H groups in total. The Bertz CT molecular complexity index is 1120. The van der Waals surface area contributed by atoms with Crippen LogP contribution in [0.15, 0.2) is 89.9 Å². The number of aryl methyl sites for hydroxylation is 1. The Morgan fingerprint density at radius 2 is 1.46 bits per heavy atom. The molecule has 0 atom stereocenters. The molecule has 4 heteroatoms. The number of phenols is 1. The van der Waals surface area contributed by atoms with Crippen LogP contribution in [0.25, 0.3) is 22.5 Å². The summed E-state index contributed by atoms with van der Waals surface area (Å²) < 4.78 is 0. The summed E-state index contributed by atoms with van der Waals surface area (Å²) in [5, 5.41) is 10.3. The van der Waals surface area contributed by atoms with Crippen LogP contribution in [0.1, 0.15) is 11.1 Å². The maximum absolute atomic E-state index is 10.3. The van der Waals surface area contributed by atoms with E-state index in [9.17, 15) is 5.11 Å². The van der Waals surface area contributed by atoms with Gasteiger partial charge in [0.1, 0.15) is 5.75 Å². The van der Waals surface area contributed by atoms with Crippen molar-refractivity contribution in [1.82, 2.24) is 9.97 Å². The van der Waals surface area contributed by atoms with E-state index in [1.54, 1.807) is 12.3 Å². The van der Waals surface area contributed by atoms with E-state index in [2.05, 4.69) is 15.0 Å². The largest absolute Gasteiger partial charge is 0.507 e. The normalized spacial score (nSPS) is 11.0. The van der Waals surface area contributed by atoms with Crippen LogP contribution in [0.4, 0.5) is 5.95 Å². The second kappa shape index (κ2) is 7.84. The summed E-state index contributed by atoms with van der Waals surface area (Å²) in [7, 11) is 0. The molecule has 4 aromatic rings. The lowest BCUT2D eigenvalue weighted by atomic mass is 10.0. The zero-order valence-electron chi connectivity index (χ0n) is 15.4. The molecule has 1 aromatic heterocycles. The van der Waals surface area contributed by atoms with Gasteiger partial charge in [0.2, 0.25) is 5.95 Å². The Labute approximate surface area is 163 Å². The number of rotatable bonds is 4. The highest BCUT2D eigenvalue weighted by atomic mass is 16.3. The van der Waals surface area contributed by atoms with Crippen molar-refractivity contribution in [3.8, 4) is 28.3 Å². The van der Waals surface area contributed by atoms with Gasteiger partial charge in [-0.25, -0.2) is 15.0 Å². The van der Waals surface area contributed by atoms with Crippen molar-refractivity contribution in [1.29, 1.82) is 0 Å². The van der Waals surface area contributed by atoms with Crippen LogP contribution in [0, 0.1) is 6.92 Å². The van der Waals surface area contributed by atoms with E-state index in [1.807, 2.05) is 85.8 Å². The summed E-state index contributed by atoms with van der Waals surface area (Å²) in [6.07, 6.45) is 1.74. The molecule has 0 aliphatic heterocycles. The molecule has 0 fully saturated rings. The minimum atomic E-state index is 0.182. The summed E-state index contributed by atoms with van der Waals surface area (Å²) in [6, 6.07) is 27.0. The molecule has 0 aliphatic rings. The third kappa shape index (κ3) is 3.96. The lowest BCUT2D eigenvalue weighted by Gasteiger charge is -2.09. The maximum Gasteiger partial charge on any atom is 0.250 e. The van der Waals surface area contributed by atoms with Crippen molar-refractivity contribution in [2.24, 2.45) is 4.99 Å². The van der Waals surface area contributed by atoms with Crippen LogP contribution >= 0.6 is 0 Å². The summed E-state index contributed by atoms with van der Waals surface area (Å²) in [5.74, 6) is 0.530. The van der Waals surface area contributed by atoms with E-state index >= 15 is 0 Å². The average molecular weight is 365 g/mol. The lowest BCUT2D eigenvalue weighted by molar-refractivity contribution is 0.477. The second-order valence-electron chi connectivity index (χ2n) is 6.49. The monoisotopic (exact) mass is 365 g/mol. The SMILES string of the molecule is Cc1ccc(O)c(-c2cc(-c3ccccc3)nc(/N=C/c3ccccc3)n2)c1. The predicted octanol–water partition coefficient (Wildman–Crippen LogP) is 5.58. The summed E-state index contributed by atoms with van der Waals surface area (Å²) in [5.41, 5.74) is 5.03. The number of aromatic hydroxyl groups is 1. The van der Waals surface area contributed by atoms with Gasteiger partial charge in [-0.15, -0.1) is 0 Å². The van der Waals surface area contributed by atoms with Crippen LogP contribution in [-0.4, -0.2) is 21.3 Å². The molecule has 0 spiro atoms. The van der Waals surface area contributed by atoms with E-state index in [1.165, 1.54) is 0 Å². The molecule has 1 heterocycles. The van der Waals surface area contributed by atoms with Crippen LogP contribution in [0.2, 0.25) is 0 Å². The van der Waals surface area contributed by atoms with Gasteiger partial charge in [0.15, 0.2) is 0 Å². The van der Waals surface area contributed by atoms with Crippen molar-refractivity contribution in [3.05, 3.63) is 96.1 Å². The molecule has 4 rings (SSSR count). The topological polar surface area (TPSA) is 58.4 Å². The molecule has 3 aromatic carbocycles. The quantitative estimate of drug-likeness (QED) is 0.481. The van der Waals surface area contributed by atoms with Crippen LogP contribution in [0.5, 0.6) is 5.75 Å². The van der Waals surface area contributed by atoms with Crippen LogP contribution < -0.4 is 0 Å². The van der Waals surface area contributed by atoms with E-state index in [-0.39, 0.29) is 5.75 Å². The van der Waals surface area contributed by atoms with Gasteiger partial charge in [0, 0.05) is 17.3 Å². The van der Waals surface area contributed by atoms with Crippen LogP contribution in [0.3, 0.4) is 0 Å². The van der Waals surface area contributed by atoms with Gasteiger partial charge in [0.25, 0.3) is 0 Å². The molecule has 4 nitrogen and oxygen atoms in total. The van der Waals surface area contributed by atoms with Crippen molar-refractivity contribution in [2.45, 2.75) is 6.92 Å². The van der Waals surface area contributed by atoms with Crippen molar-refractivity contribution in [2.75, 3.05) is 0 Å². The molecule has 0 unspecified atom stereocenters. The predicted molar refractivity (Wildman–Crippen MR) is 113 cm³/mol. The summed E-state index contributed by atoms with van der Waals surface area (Å²) in [4.78, 5) is 13.7. The molecule has 0 aliphatic carbocycles. The van der Waals surface area contributed by atoms with Gasteiger partial charge in [-0.3, -0.25) is 0 Å². The Balaban J connectivity index is 1.84. The molecule has 0 radical (unpaired) electrons. The first kappa shape index (κ1) is 17.6. The minimum Gasteiger partial charge on any atom is -0.507 e. The van der Waals surface area contributed by atoms with Gasteiger partial charge < -0.3 is 5.11 Å². The molecule has 136 valence electrons. The molecule has 28 heavy (non-hydrogen) atoms. The van der Waals surface area contributed by atoms with E-state index < -0.39 is 0 Å². The number of phenolic OH excluding ortho intramolecular Hbond substituents is 1. The molecule has 0 saturated carbocycles. The highest BCUT2D eigenvalue weighted by molar-refractivity contribution is 5.81. The van der Waals surface area contributed by atoms with Crippen molar-refractivity contribution >= 4 is 12.2 Å². The molecular weight excluding hydrogens is 346 g/mol. The van der Waals surface area contributed by atoms with Crippen molar-refractivity contribution in [3.63, 3.8) is 0 Å². The average Bonchev–Trinajstić information content (AvgIpc) is 2.75. The number of benzene rings is 3. The molecule has 0 bridgehead atoms. The first-order valence-electron chi connectivity index (χ1n) is 9.03. The number of hydrogen-bond acceptors (Lipinski definition) is 4. The smallest absolute Gasteiger partial charge is 0.250 e. The zero-order chi connectivity index (χ0) is 19.3. The Morgan fingerprint density at radius 3 is 2.21 bits per heavy atom. The Kier molecular flexibility index (Phi) is 4.93. The second-order valence-corrected chi connectivity index (χ2v) is 6.49. The van der Waals surface area contributed by atoms with Gasteiger partial charge in [0.05, 0.1) is 11.4 Å². The first-order valence-corrected chi connectivity index (χ1v) is 9.03. The van der Waals surface area contributed by atoms with Gasteiger partial charge >= 0.3 is 0 Å².